The van der Waals surface area contributed by atoms with Gasteiger partial charge in [0, 0.05) is 5.56 Å². The summed E-state index contributed by atoms with van der Waals surface area (Å²) in [4.78, 5) is 0. The number of hydrogen-bond donors (Lipinski definition) is 0. The first kappa shape index (κ1) is 7.00. The lowest BCUT2D eigenvalue weighted by molar-refractivity contribution is 0.625. The van der Waals surface area contributed by atoms with Crippen molar-refractivity contribution in [2.24, 2.45) is 0 Å². The van der Waals surface area contributed by atoms with Gasteiger partial charge in [-0.15, -0.1) is 0 Å². The van der Waals surface area contributed by atoms with Crippen molar-refractivity contribution < 1.29 is 4.39 Å². The third-order valence-electron chi connectivity index (χ3n) is 1.25. The van der Waals surface area contributed by atoms with Gasteiger partial charge < -0.3 is 0 Å². The Kier molecular flexibility index (Phi) is 2.21. The van der Waals surface area contributed by atoms with Crippen molar-refractivity contribution in [2.45, 2.75) is 6.92 Å². The topological polar surface area (TPSA) is 0 Å². The van der Waals surface area contributed by atoms with Crippen molar-refractivity contribution in [1.29, 1.82) is 0 Å². The Hall–Kier alpha value is -1.11. The highest BCUT2D eigenvalue weighted by Crippen LogP contribution is 2.07. The van der Waals surface area contributed by atoms with Gasteiger partial charge in [-0.2, -0.15) is 0 Å². The second kappa shape index (κ2) is 3.16. The molecule has 0 spiro atoms. The van der Waals surface area contributed by atoms with E-state index in [-0.39, 0.29) is 5.82 Å². The summed E-state index contributed by atoms with van der Waals surface area (Å²) in [6.07, 6.45) is 3.56. The van der Waals surface area contributed by atoms with Crippen molar-refractivity contribution in [3.63, 3.8) is 0 Å². The van der Waals surface area contributed by atoms with Gasteiger partial charge in [-0.05, 0) is 13.0 Å². The quantitative estimate of drug-likeness (QED) is 0.556. The lowest BCUT2D eigenvalue weighted by Crippen LogP contribution is -1.77. The van der Waals surface area contributed by atoms with Crippen LogP contribution in [0.4, 0.5) is 4.39 Å². The number of benzene rings is 1. The molecule has 0 radical (unpaired) electrons. The molecule has 0 heterocycles. The fourth-order valence-electron chi connectivity index (χ4n) is 0.790. The normalized spacial score (nSPS) is 10.6. The second-order valence-electron chi connectivity index (χ2n) is 2.02. The van der Waals surface area contributed by atoms with Crippen molar-refractivity contribution in [3.05, 3.63) is 41.7 Å². The van der Waals surface area contributed by atoms with Crippen molar-refractivity contribution >= 4 is 6.08 Å². The molecule has 52 valence electrons. The Balaban J connectivity index is 3.03. The van der Waals surface area contributed by atoms with E-state index >= 15 is 0 Å². The molecule has 10 heavy (non-hydrogen) atoms. The summed E-state index contributed by atoms with van der Waals surface area (Å²) in [5.41, 5.74) is 0.644. The van der Waals surface area contributed by atoms with Gasteiger partial charge in [0.25, 0.3) is 0 Å². The Morgan fingerprint density at radius 2 is 2.00 bits per heavy atom. The molecule has 0 aliphatic carbocycles. The minimum Gasteiger partial charge on any atom is -0.206 e. The average Bonchev–Trinajstić information content (AvgIpc) is 1.94. The Morgan fingerprint density at radius 1 is 1.30 bits per heavy atom. The number of halogens is 1. The van der Waals surface area contributed by atoms with Crippen LogP contribution in [0.15, 0.2) is 30.3 Å². The molecule has 0 saturated carbocycles. The predicted molar refractivity (Wildman–Crippen MR) is 41.1 cm³/mol. The maximum Gasteiger partial charge on any atom is 0.130 e. The lowest BCUT2D eigenvalue weighted by Gasteiger charge is -1.92. The van der Waals surface area contributed by atoms with Crippen molar-refractivity contribution in [2.75, 3.05) is 0 Å². The maximum atomic E-state index is 12.7. The molecule has 0 unspecified atom stereocenters. The zero-order valence-corrected chi connectivity index (χ0v) is 5.84. The van der Waals surface area contributed by atoms with Crippen LogP contribution in [0, 0.1) is 5.82 Å². The van der Waals surface area contributed by atoms with Gasteiger partial charge in [0.05, 0.1) is 0 Å². The van der Waals surface area contributed by atoms with Gasteiger partial charge in [0.1, 0.15) is 5.82 Å². The zero-order valence-electron chi connectivity index (χ0n) is 5.84. The van der Waals surface area contributed by atoms with E-state index < -0.39 is 0 Å². The van der Waals surface area contributed by atoms with Crippen LogP contribution < -0.4 is 0 Å². The highest BCUT2D eigenvalue weighted by molar-refractivity contribution is 5.49. The molecule has 1 aromatic carbocycles. The monoisotopic (exact) mass is 136 g/mol. The molecule has 0 amide bonds. The number of allylic oxidation sites excluding steroid dienone is 1. The van der Waals surface area contributed by atoms with E-state index in [4.69, 9.17) is 0 Å². The fourth-order valence-corrected chi connectivity index (χ4v) is 0.790. The standard InChI is InChI=1S/C9H9F/c1-2-5-8-6-3-4-7-9(8)10/h2-7H,1H3/b5-2+. The van der Waals surface area contributed by atoms with E-state index in [2.05, 4.69) is 0 Å². The number of rotatable bonds is 1. The van der Waals surface area contributed by atoms with Gasteiger partial charge in [-0.3, -0.25) is 0 Å². The third kappa shape index (κ3) is 1.44. The van der Waals surface area contributed by atoms with Crippen molar-refractivity contribution in [1.82, 2.24) is 0 Å². The maximum absolute atomic E-state index is 12.7. The minimum atomic E-state index is -0.166. The van der Waals surface area contributed by atoms with Crippen LogP contribution >= 0.6 is 0 Å². The molecule has 0 atom stereocenters. The van der Waals surface area contributed by atoms with Crippen LogP contribution in [0.25, 0.3) is 6.08 Å². The van der Waals surface area contributed by atoms with E-state index in [1.807, 2.05) is 19.1 Å². The first-order chi connectivity index (χ1) is 4.84. The molecule has 0 N–H and O–H groups in total. The van der Waals surface area contributed by atoms with Crippen molar-refractivity contribution in [3.8, 4) is 0 Å². The number of hydrogen-bond acceptors (Lipinski definition) is 0. The van der Waals surface area contributed by atoms with Crippen LogP contribution in [-0.2, 0) is 0 Å². The van der Waals surface area contributed by atoms with Crippen LogP contribution in [0.5, 0.6) is 0 Å². The van der Waals surface area contributed by atoms with Gasteiger partial charge >= 0.3 is 0 Å². The molecular formula is C9H9F. The summed E-state index contributed by atoms with van der Waals surface area (Å²) in [5.74, 6) is -0.166. The summed E-state index contributed by atoms with van der Waals surface area (Å²) in [5, 5.41) is 0. The first-order valence-corrected chi connectivity index (χ1v) is 3.22. The molecule has 0 saturated heterocycles. The lowest BCUT2D eigenvalue weighted by atomic mass is 10.2. The SMILES string of the molecule is C/C=C/c1ccccc1F. The summed E-state index contributed by atoms with van der Waals surface area (Å²) in [6.45, 7) is 1.87. The second-order valence-corrected chi connectivity index (χ2v) is 2.02. The average molecular weight is 136 g/mol. The molecule has 0 aromatic heterocycles. The van der Waals surface area contributed by atoms with Gasteiger partial charge in [0.15, 0.2) is 0 Å². The molecule has 0 fully saturated rings. The Morgan fingerprint density at radius 3 is 2.60 bits per heavy atom. The van der Waals surface area contributed by atoms with Gasteiger partial charge in [-0.1, -0.05) is 30.4 Å². The molecule has 0 aliphatic heterocycles. The Labute approximate surface area is 60.0 Å². The van der Waals surface area contributed by atoms with E-state index in [1.54, 1.807) is 18.2 Å². The summed E-state index contributed by atoms with van der Waals surface area (Å²) in [7, 11) is 0. The molecule has 1 aromatic rings. The molecule has 0 aliphatic rings. The fraction of sp³-hybridized carbons (Fsp3) is 0.111. The van der Waals surface area contributed by atoms with E-state index in [9.17, 15) is 4.39 Å². The molecule has 1 rings (SSSR count). The largest absolute Gasteiger partial charge is 0.206 e. The molecule has 1 heteroatoms. The van der Waals surface area contributed by atoms with Crippen LogP contribution in [-0.4, -0.2) is 0 Å². The third-order valence-corrected chi connectivity index (χ3v) is 1.25. The summed E-state index contributed by atoms with van der Waals surface area (Å²) in [6, 6.07) is 6.70. The van der Waals surface area contributed by atoms with Gasteiger partial charge in [-0.25, -0.2) is 4.39 Å². The summed E-state index contributed by atoms with van der Waals surface area (Å²) >= 11 is 0. The van der Waals surface area contributed by atoms with E-state index in [0.29, 0.717) is 5.56 Å². The first-order valence-electron chi connectivity index (χ1n) is 3.22. The highest BCUT2D eigenvalue weighted by Gasteiger charge is 1.92. The van der Waals surface area contributed by atoms with Crippen LogP contribution in [0.3, 0.4) is 0 Å². The molecule has 0 bridgehead atoms. The molecular weight excluding hydrogens is 127 g/mol. The minimum absolute atomic E-state index is 0.166. The van der Waals surface area contributed by atoms with E-state index in [0.717, 1.165) is 0 Å². The van der Waals surface area contributed by atoms with Crippen LogP contribution in [0.2, 0.25) is 0 Å². The Bertz CT molecular complexity index is 238. The zero-order chi connectivity index (χ0) is 7.40. The smallest absolute Gasteiger partial charge is 0.130 e. The molecule has 0 nitrogen and oxygen atoms in total. The van der Waals surface area contributed by atoms with E-state index in [1.165, 1.54) is 6.07 Å². The van der Waals surface area contributed by atoms with Gasteiger partial charge in [0.2, 0.25) is 0 Å². The predicted octanol–water partition coefficient (Wildman–Crippen LogP) is 2.86. The highest BCUT2D eigenvalue weighted by atomic mass is 19.1. The van der Waals surface area contributed by atoms with Crippen LogP contribution in [0.1, 0.15) is 12.5 Å². The summed E-state index contributed by atoms with van der Waals surface area (Å²) < 4.78 is 12.7.